The number of aliphatic hydroxyl groups excluding tert-OH is 2. The molecule has 1 saturated heterocycles. The van der Waals surface area contributed by atoms with E-state index in [1.807, 2.05) is 0 Å². The lowest BCUT2D eigenvalue weighted by molar-refractivity contribution is -0.113. The van der Waals surface area contributed by atoms with E-state index >= 15 is 0 Å². The number of hydrogen-bond acceptors (Lipinski definition) is 7. The Hall–Kier alpha value is -3.54. The lowest BCUT2D eigenvalue weighted by Crippen LogP contribution is -2.34. The Morgan fingerprint density at radius 2 is 1.91 bits per heavy atom. The fraction of sp³-hybridized carbons (Fsp3) is 0.292. The molecule has 2 aromatic heterocycles. The fourth-order valence-corrected chi connectivity index (χ4v) is 3.89. The van der Waals surface area contributed by atoms with Crippen molar-refractivity contribution in [2.24, 2.45) is 0 Å². The van der Waals surface area contributed by atoms with E-state index in [-0.39, 0.29) is 36.7 Å². The van der Waals surface area contributed by atoms with Crippen LogP contribution in [0.1, 0.15) is 35.0 Å². The number of rotatable bonds is 6. The fourth-order valence-electron chi connectivity index (χ4n) is 3.89. The highest BCUT2D eigenvalue weighted by Crippen LogP contribution is 2.36. The van der Waals surface area contributed by atoms with Gasteiger partial charge in [0.1, 0.15) is 28.8 Å². The second-order valence-corrected chi connectivity index (χ2v) is 7.95. The van der Waals surface area contributed by atoms with Gasteiger partial charge in [-0.3, -0.25) is 4.79 Å². The summed E-state index contributed by atoms with van der Waals surface area (Å²) < 4.78 is 53.8. The zero-order chi connectivity index (χ0) is 25.1. The van der Waals surface area contributed by atoms with Crippen LogP contribution in [0, 0.1) is 17.5 Å². The van der Waals surface area contributed by atoms with Crippen LogP contribution in [-0.4, -0.2) is 52.0 Å². The number of aliphatic hydroxyl groups is 2. The number of hydrogen-bond donors (Lipinski definition) is 3. The molecule has 0 unspecified atom stereocenters. The van der Waals surface area contributed by atoms with Gasteiger partial charge in [0.25, 0.3) is 5.91 Å². The minimum absolute atomic E-state index is 0.167. The molecule has 0 radical (unpaired) electrons. The number of amides is 1. The predicted molar refractivity (Wildman–Crippen MR) is 118 cm³/mol. The van der Waals surface area contributed by atoms with Gasteiger partial charge in [0.05, 0.1) is 43.3 Å². The van der Waals surface area contributed by atoms with E-state index in [1.165, 1.54) is 19.4 Å². The van der Waals surface area contributed by atoms with Gasteiger partial charge in [0.15, 0.2) is 0 Å². The summed E-state index contributed by atoms with van der Waals surface area (Å²) in [5, 5.41) is 22.3. The van der Waals surface area contributed by atoms with Crippen LogP contribution >= 0.6 is 0 Å². The zero-order valence-corrected chi connectivity index (χ0v) is 18.5. The zero-order valence-electron chi connectivity index (χ0n) is 18.5. The molecule has 1 amide bonds. The molecule has 0 spiro atoms. The van der Waals surface area contributed by atoms with Crippen molar-refractivity contribution in [3.63, 3.8) is 0 Å². The van der Waals surface area contributed by atoms with Gasteiger partial charge in [-0.15, -0.1) is 0 Å². The number of pyridine rings is 2. The summed E-state index contributed by atoms with van der Waals surface area (Å²) in [6, 6.07) is 6.44. The van der Waals surface area contributed by atoms with Gasteiger partial charge in [0, 0.05) is 30.7 Å². The number of nitrogens with one attached hydrogen (secondary N) is 1. The van der Waals surface area contributed by atoms with Gasteiger partial charge in [-0.25, -0.2) is 23.1 Å². The van der Waals surface area contributed by atoms with E-state index in [2.05, 4.69) is 15.3 Å². The maximum Gasteiger partial charge on any atom is 0.274 e. The molecule has 11 heteroatoms. The number of halogens is 3. The number of anilines is 1. The Morgan fingerprint density at radius 3 is 2.60 bits per heavy atom. The van der Waals surface area contributed by atoms with Crippen molar-refractivity contribution in [3.8, 4) is 17.1 Å². The first-order valence-electron chi connectivity index (χ1n) is 10.7. The highest BCUT2D eigenvalue weighted by molar-refractivity contribution is 6.03. The smallest absolute Gasteiger partial charge is 0.274 e. The molecular formula is C24H22F3N3O5. The molecule has 35 heavy (non-hydrogen) atoms. The van der Waals surface area contributed by atoms with Crippen molar-refractivity contribution < 1.29 is 37.7 Å². The van der Waals surface area contributed by atoms with Gasteiger partial charge in [-0.2, -0.15) is 0 Å². The summed E-state index contributed by atoms with van der Waals surface area (Å²) in [5.74, 6) is -3.69. The molecule has 1 aliphatic rings. The quantitative estimate of drug-likeness (QED) is 0.486. The van der Waals surface area contributed by atoms with E-state index in [1.54, 1.807) is 0 Å². The third-order valence-corrected chi connectivity index (χ3v) is 5.57. The summed E-state index contributed by atoms with van der Waals surface area (Å²) in [4.78, 5) is 21.0. The molecule has 3 N–H and O–H groups in total. The van der Waals surface area contributed by atoms with E-state index in [4.69, 9.17) is 9.47 Å². The molecular weight excluding hydrogens is 467 g/mol. The van der Waals surface area contributed by atoms with E-state index in [0.717, 1.165) is 30.3 Å². The first-order chi connectivity index (χ1) is 16.8. The average molecular weight is 489 g/mol. The molecule has 1 aromatic carbocycles. The lowest BCUT2D eigenvalue weighted by atomic mass is 9.96. The van der Waals surface area contributed by atoms with E-state index in [9.17, 15) is 28.2 Å². The van der Waals surface area contributed by atoms with Gasteiger partial charge >= 0.3 is 0 Å². The SMILES string of the molecule is COc1cc(NC(=O)c2ccc(F)c(-c3c(F)cccc3F)n2)c([C@H]2C[C@@H](O)C[C@@H](CO)O2)cn1. The lowest BCUT2D eigenvalue weighted by Gasteiger charge is -2.33. The number of carbonyl (C=O) groups is 1. The number of benzene rings is 1. The third kappa shape index (κ3) is 5.26. The number of nitrogens with zero attached hydrogens (tertiary/aromatic N) is 2. The Bertz CT molecular complexity index is 1220. The number of ether oxygens (including phenoxy) is 2. The molecule has 0 saturated carbocycles. The van der Waals surface area contributed by atoms with Crippen molar-refractivity contribution in [2.45, 2.75) is 31.2 Å². The second-order valence-electron chi connectivity index (χ2n) is 7.95. The summed E-state index contributed by atoms with van der Waals surface area (Å²) in [7, 11) is 1.38. The Kier molecular flexibility index (Phi) is 7.29. The van der Waals surface area contributed by atoms with Crippen molar-refractivity contribution in [1.82, 2.24) is 9.97 Å². The molecule has 184 valence electrons. The maximum atomic E-state index is 14.4. The summed E-state index contributed by atoms with van der Waals surface area (Å²) in [6.45, 7) is -0.298. The first-order valence-corrected chi connectivity index (χ1v) is 10.7. The predicted octanol–water partition coefficient (Wildman–Crippen LogP) is 3.40. The molecule has 3 aromatic rings. The van der Waals surface area contributed by atoms with Crippen molar-refractivity contribution in [1.29, 1.82) is 0 Å². The van der Waals surface area contributed by atoms with Gasteiger partial charge in [-0.1, -0.05) is 6.07 Å². The van der Waals surface area contributed by atoms with Crippen LogP contribution in [0.5, 0.6) is 5.88 Å². The van der Waals surface area contributed by atoms with Crippen LogP contribution in [0.15, 0.2) is 42.6 Å². The number of aromatic nitrogens is 2. The van der Waals surface area contributed by atoms with Crippen LogP contribution in [0.2, 0.25) is 0 Å². The minimum Gasteiger partial charge on any atom is -0.481 e. The van der Waals surface area contributed by atoms with Gasteiger partial charge < -0.3 is 25.0 Å². The van der Waals surface area contributed by atoms with Crippen LogP contribution in [0.4, 0.5) is 18.9 Å². The van der Waals surface area contributed by atoms with Gasteiger partial charge in [0.2, 0.25) is 5.88 Å². The van der Waals surface area contributed by atoms with Crippen LogP contribution in [-0.2, 0) is 4.74 Å². The van der Waals surface area contributed by atoms with Crippen molar-refractivity contribution in [2.75, 3.05) is 19.0 Å². The summed E-state index contributed by atoms with van der Waals surface area (Å²) in [5.41, 5.74) is -1.03. The molecule has 8 nitrogen and oxygen atoms in total. The third-order valence-electron chi connectivity index (χ3n) is 5.57. The number of carbonyl (C=O) groups excluding carboxylic acids is 1. The van der Waals surface area contributed by atoms with Crippen LogP contribution in [0.3, 0.4) is 0 Å². The summed E-state index contributed by atoms with van der Waals surface area (Å²) in [6.07, 6.45) is -0.190. The Balaban J connectivity index is 1.68. The molecule has 3 atom stereocenters. The molecule has 3 heterocycles. The number of methoxy groups -OCH3 is 1. The first kappa shape index (κ1) is 24.6. The van der Waals surface area contributed by atoms with Crippen molar-refractivity contribution in [3.05, 3.63) is 71.3 Å². The van der Waals surface area contributed by atoms with Crippen molar-refractivity contribution >= 4 is 11.6 Å². The van der Waals surface area contributed by atoms with E-state index in [0.29, 0.717) is 5.56 Å². The van der Waals surface area contributed by atoms with Gasteiger partial charge in [-0.05, 0) is 24.3 Å². The monoisotopic (exact) mass is 489 g/mol. The van der Waals surface area contributed by atoms with Crippen LogP contribution < -0.4 is 10.1 Å². The minimum atomic E-state index is -1.03. The largest absolute Gasteiger partial charge is 0.481 e. The van der Waals surface area contributed by atoms with E-state index < -0.39 is 52.9 Å². The average Bonchev–Trinajstić information content (AvgIpc) is 2.84. The second kappa shape index (κ2) is 10.4. The molecule has 4 rings (SSSR count). The standard InChI is InChI=1S/C24H22F3N3O5/c1-34-21-9-19(14(10-28-21)20-8-12(32)7-13(11-31)35-20)30-24(33)18-6-5-17(27)23(29-18)22-15(25)3-2-4-16(22)26/h2-6,9-10,12-13,20,31-32H,7-8,11H2,1H3,(H,28,30,33)/t12-,13-,20+/m0/s1. The highest BCUT2D eigenvalue weighted by atomic mass is 19.1. The van der Waals surface area contributed by atoms with Crippen LogP contribution in [0.25, 0.3) is 11.3 Å². The normalized spacial score (nSPS) is 19.9. The molecule has 0 aliphatic carbocycles. The highest BCUT2D eigenvalue weighted by Gasteiger charge is 2.31. The molecule has 1 aliphatic heterocycles. The Labute approximate surface area is 198 Å². The topological polar surface area (TPSA) is 114 Å². The molecule has 1 fully saturated rings. The Morgan fingerprint density at radius 1 is 1.17 bits per heavy atom. The maximum absolute atomic E-state index is 14.4. The summed E-state index contributed by atoms with van der Waals surface area (Å²) >= 11 is 0. The molecule has 0 bridgehead atoms.